The molecule has 0 bridgehead atoms. The van der Waals surface area contributed by atoms with Gasteiger partial charge in [-0.25, -0.2) is 0 Å². The summed E-state index contributed by atoms with van der Waals surface area (Å²) < 4.78 is 0.470. The van der Waals surface area contributed by atoms with E-state index >= 15 is 0 Å². The van der Waals surface area contributed by atoms with Crippen molar-refractivity contribution >= 4 is 18.1 Å². The fourth-order valence-corrected chi connectivity index (χ4v) is 3.09. The van der Waals surface area contributed by atoms with Gasteiger partial charge in [-0.2, -0.15) is 0 Å². The van der Waals surface area contributed by atoms with Crippen molar-refractivity contribution in [1.29, 1.82) is 0 Å². The molecule has 0 fully saturated rings. The number of pyridine rings is 1. The van der Waals surface area contributed by atoms with Crippen LogP contribution in [-0.2, 0) is 6.42 Å². The van der Waals surface area contributed by atoms with Crippen molar-refractivity contribution in [3.8, 4) is 0 Å². The van der Waals surface area contributed by atoms with Crippen LogP contribution in [0.2, 0.25) is 0 Å². The number of benzene rings is 1. The Morgan fingerprint density at radius 2 is 1.88 bits per heavy atom. The van der Waals surface area contributed by atoms with Gasteiger partial charge in [0.1, 0.15) is 4.64 Å². The van der Waals surface area contributed by atoms with E-state index in [-0.39, 0.29) is 11.9 Å². The predicted octanol–water partition coefficient (Wildman–Crippen LogP) is 3.43. The molecule has 0 unspecified atom stereocenters. The van der Waals surface area contributed by atoms with Crippen molar-refractivity contribution < 1.29 is 4.79 Å². The summed E-state index contributed by atoms with van der Waals surface area (Å²) in [5.74, 6) is -0.123. The Bertz CT molecular complexity index is 695. The Hall–Kier alpha value is -1.98. The largest absolute Gasteiger partial charge is 0.352 e. The topological polar surface area (TPSA) is 48.1 Å². The molecule has 0 aliphatic heterocycles. The summed E-state index contributed by atoms with van der Waals surface area (Å²) >= 11 is 5.18. The molecule has 0 aliphatic rings. The summed E-state index contributed by atoms with van der Waals surface area (Å²) in [5, 5.41) is 3.04. The lowest BCUT2D eigenvalue weighted by atomic mass is 10.0. The highest BCUT2D eigenvalue weighted by Crippen LogP contribution is 2.09. The van der Waals surface area contributed by atoms with Crippen molar-refractivity contribution in [3.63, 3.8) is 0 Å². The molecular weight excluding hydrogens is 318 g/mol. The highest BCUT2D eigenvalue weighted by Gasteiger charge is 2.18. The summed E-state index contributed by atoms with van der Waals surface area (Å²) in [6, 6.07) is 14.2. The van der Waals surface area contributed by atoms with Gasteiger partial charge in [-0.05, 0) is 37.2 Å². The molecule has 1 heterocycles. The van der Waals surface area contributed by atoms with Gasteiger partial charge in [0.15, 0.2) is 0 Å². The predicted molar refractivity (Wildman–Crippen MR) is 101 cm³/mol. The first-order valence-electron chi connectivity index (χ1n) is 8.39. The summed E-state index contributed by atoms with van der Waals surface area (Å²) in [4.78, 5) is 17.7. The lowest BCUT2D eigenvalue weighted by Crippen LogP contribution is -2.45. The van der Waals surface area contributed by atoms with Crippen molar-refractivity contribution in [2.24, 2.45) is 0 Å². The molecule has 0 radical (unpaired) electrons. The van der Waals surface area contributed by atoms with Crippen LogP contribution < -0.4 is 5.32 Å². The molecule has 0 spiro atoms. The van der Waals surface area contributed by atoms with Gasteiger partial charge in [0.25, 0.3) is 5.91 Å². The van der Waals surface area contributed by atoms with Gasteiger partial charge in [0.05, 0.1) is 5.56 Å². The zero-order valence-corrected chi connectivity index (χ0v) is 15.1. The Morgan fingerprint density at radius 1 is 1.17 bits per heavy atom. The van der Waals surface area contributed by atoms with Crippen LogP contribution >= 0.6 is 12.2 Å². The molecule has 1 amide bonds. The van der Waals surface area contributed by atoms with Crippen LogP contribution in [0.1, 0.15) is 29.8 Å². The van der Waals surface area contributed by atoms with E-state index in [1.54, 1.807) is 18.3 Å². The molecule has 2 N–H and O–H groups in total. The van der Waals surface area contributed by atoms with E-state index in [1.807, 2.05) is 6.07 Å². The Morgan fingerprint density at radius 3 is 2.50 bits per heavy atom. The van der Waals surface area contributed by atoms with Crippen LogP contribution in [0.15, 0.2) is 48.7 Å². The number of nitrogens with zero attached hydrogens (tertiary/aromatic N) is 1. The van der Waals surface area contributed by atoms with Crippen LogP contribution in [0.3, 0.4) is 0 Å². The third-order valence-electron chi connectivity index (χ3n) is 4.20. The molecule has 24 heavy (non-hydrogen) atoms. The number of carbonyl (C=O) groups is 1. The Balaban J connectivity index is 2.06. The monoisotopic (exact) mass is 343 g/mol. The molecule has 0 aliphatic carbocycles. The minimum atomic E-state index is -0.123. The van der Waals surface area contributed by atoms with E-state index in [9.17, 15) is 4.79 Å². The lowest BCUT2D eigenvalue weighted by molar-refractivity contribution is 0.0934. The molecule has 0 saturated carbocycles. The molecule has 0 saturated heterocycles. The molecule has 2 rings (SSSR count). The Kier molecular flexibility index (Phi) is 7.15. The van der Waals surface area contributed by atoms with Crippen molar-refractivity contribution in [2.75, 3.05) is 19.6 Å². The smallest absolute Gasteiger partial charge is 0.254 e. The van der Waals surface area contributed by atoms with Gasteiger partial charge in [0.2, 0.25) is 0 Å². The van der Waals surface area contributed by atoms with Crippen LogP contribution in [0, 0.1) is 4.64 Å². The second-order valence-corrected chi connectivity index (χ2v) is 6.10. The van der Waals surface area contributed by atoms with Crippen molar-refractivity contribution in [1.82, 2.24) is 15.2 Å². The van der Waals surface area contributed by atoms with E-state index < -0.39 is 0 Å². The quantitative estimate of drug-likeness (QED) is 0.722. The number of hydrogen-bond donors (Lipinski definition) is 2. The van der Waals surface area contributed by atoms with Gasteiger partial charge in [-0.15, -0.1) is 0 Å². The van der Waals surface area contributed by atoms with Crippen LogP contribution in [0.4, 0.5) is 0 Å². The van der Waals surface area contributed by atoms with Gasteiger partial charge in [-0.1, -0.05) is 56.4 Å². The number of rotatable bonds is 8. The fraction of sp³-hybridized carbons (Fsp3) is 0.368. The fourth-order valence-electron chi connectivity index (χ4n) is 2.86. The maximum atomic E-state index is 12.4. The molecule has 128 valence electrons. The Labute approximate surface area is 148 Å². The number of aromatic nitrogens is 1. The molecule has 2 aromatic rings. The summed E-state index contributed by atoms with van der Waals surface area (Å²) in [7, 11) is 0. The second kappa shape index (κ2) is 9.35. The molecule has 1 atom stereocenters. The number of likely N-dealkylation sites (N-methyl/N-ethyl adjacent to an activating group) is 1. The van der Waals surface area contributed by atoms with Crippen LogP contribution in [-0.4, -0.2) is 41.5 Å². The normalized spacial score (nSPS) is 12.1. The molecule has 4 nitrogen and oxygen atoms in total. The number of nitrogens with one attached hydrogen (secondary N) is 2. The lowest BCUT2D eigenvalue weighted by Gasteiger charge is -2.30. The standard InChI is InChI=1S/C19H25N3OS/c1-3-22(4-2)16(13-15-9-6-5-7-10-15)14-21-18(23)17-11-8-12-20-19(17)24/h5-12,16H,3-4,13-14H2,1-2H3,(H,20,24)(H,21,23)/t16-/m1/s1. The highest BCUT2D eigenvalue weighted by molar-refractivity contribution is 7.71. The second-order valence-electron chi connectivity index (χ2n) is 5.69. The number of amides is 1. The number of aromatic amines is 1. The number of carbonyl (C=O) groups excluding carboxylic acids is 1. The van der Waals surface area contributed by atoms with Crippen molar-refractivity contribution in [2.45, 2.75) is 26.3 Å². The minimum absolute atomic E-state index is 0.123. The third-order valence-corrected chi connectivity index (χ3v) is 4.54. The number of H-pyrrole nitrogens is 1. The molecule has 1 aromatic carbocycles. The molecule has 1 aromatic heterocycles. The maximum Gasteiger partial charge on any atom is 0.254 e. The molecular formula is C19H25N3OS. The SMILES string of the molecule is CCN(CC)[C@@H](CNC(=O)c1ccc[nH]c1=S)Cc1ccccc1. The van der Waals surface area contributed by atoms with Gasteiger partial charge in [-0.3, -0.25) is 9.69 Å². The number of hydrogen-bond acceptors (Lipinski definition) is 3. The zero-order valence-electron chi connectivity index (χ0n) is 14.3. The molecule has 5 heteroatoms. The summed E-state index contributed by atoms with van der Waals surface area (Å²) in [5.41, 5.74) is 1.80. The first kappa shape index (κ1) is 18.4. The van der Waals surface area contributed by atoms with E-state index in [0.29, 0.717) is 16.7 Å². The summed E-state index contributed by atoms with van der Waals surface area (Å²) in [6.07, 6.45) is 2.64. The van der Waals surface area contributed by atoms with Gasteiger partial charge < -0.3 is 10.3 Å². The van der Waals surface area contributed by atoms with E-state index in [4.69, 9.17) is 12.2 Å². The highest BCUT2D eigenvalue weighted by atomic mass is 32.1. The van der Waals surface area contributed by atoms with Gasteiger partial charge >= 0.3 is 0 Å². The van der Waals surface area contributed by atoms with Crippen molar-refractivity contribution in [3.05, 3.63) is 64.4 Å². The van der Waals surface area contributed by atoms with Crippen LogP contribution in [0.25, 0.3) is 0 Å². The first-order chi connectivity index (χ1) is 11.7. The average molecular weight is 343 g/mol. The first-order valence-corrected chi connectivity index (χ1v) is 8.80. The average Bonchev–Trinajstić information content (AvgIpc) is 2.61. The van der Waals surface area contributed by atoms with E-state index in [0.717, 1.165) is 19.5 Å². The van der Waals surface area contributed by atoms with E-state index in [1.165, 1.54) is 5.56 Å². The van der Waals surface area contributed by atoms with E-state index in [2.05, 4.69) is 53.3 Å². The maximum absolute atomic E-state index is 12.4. The van der Waals surface area contributed by atoms with Gasteiger partial charge in [0, 0.05) is 18.8 Å². The summed E-state index contributed by atoms with van der Waals surface area (Å²) in [6.45, 7) is 6.80. The zero-order chi connectivity index (χ0) is 17.4. The third kappa shape index (κ3) is 5.01. The minimum Gasteiger partial charge on any atom is -0.352 e. The van der Waals surface area contributed by atoms with Crippen LogP contribution in [0.5, 0.6) is 0 Å².